The molecular weight excluding hydrogens is 226 g/mol. The standard InChI is InChI=1S/C11H9NO3S/c13-8-9-4-3-5-10(12(14)15)11(9)16-6-1-2-7-16/h1-8,16H. The van der Waals surface area contributed by atoms with E-state index < -0.39 is 15.8 Å². The number of thiol groups is 1. The number of allylic oxidation sites excluding steroid dienone is 2. The van der Waals surface area contributed by atoms with E-state index in [1.165, 1.54) is 12.1 Å². The van der Waals surface area contributed by atoms with Gasteiger partial charge < -0.3 is 0 Å². The molecule has 1 aliphatic heterocycles. The molecule has 0 radical (unpaired) electrons. The summed E-state index contributed by atoms with van der Waals surface area (Å²) < 4.78 is 0. The molecule has 0 aromatic heterocycles. The van der Waals surface area contributed by atoms with Crippen LogP contribution in [-0.2, 0) is 0 Å². The summed E-state index contributed by atoms with van der Waals surface area (Å²) in [5.74, 6) is 0. The lowest BCUT2D eigenvalue weighted by Crippen LogP contribution is -1.96. The number of carbonyl (C=O) groups is 1. The van der Waals surface area contributed by atoms with Crippen molar-refractivity contribution in [1.82, 2.24) is 0 Å². The second kappa shape index (κ2) is 4.32. The normalized spacial score (nSPS) is 15.4. The molecule has 0 N–H and O–H groups in total. The van der Waals surface area contributed by atoms with Gasteiger partial charge >= 0.3 is 0 Å². The van der Waals surface area contributed by atoms with E-state index in [-0.39, 0.29) is 5.69 Å². The lowest BCUT2D eigenvalue weighted by molar-refractivity contribution is -0.387. The van der Waals surface area contributed by atoms with Gasteiger partial charge in [-0.3, -0.25) is 14.9 Å². The molecule has 0 bridgehead atoms. The number of aldehydes is 1. The molecule has 0 saturated heterocycles. The van der Waals surface area contributed by atoms with Crippen LogP contribution in [0.5, 0.6) is 0 Å². The summed E-state index contributed by atoms with van der Waals surface area (Å²) in [6, 6.07) is 4.58. The van der Waals surface area contributed by atoms with Gasteiger partial charge in [0, 0.05) is 11.6 Å². The quantitative estimate of drug-likeness (QED) is 0.379. The molecule has 1 aromatic rings. The Morgan fingerprint density at radius 1 is 1.25 bits per heavy atom. The minimum Gasteiger partial charge on any atom is -0.298 e. The van der Waals surface area contributed by atoms with Crippen LogP contribution in [0.15, 0.2) is 46.1 Å². The Morgan fingerprint density at radius 2 is 1.94 bits per heavy atom. The molecule has 0 saturated carbocycles. The fourth-order valence-electron chi connectivity index (χ4n) is 1.56. The number of benzene rings is 1. The predicted octanol–water partition coefficient (Wildman–Crippen LogP) is 2.81. The number of nitrogens with zero attached hydrogens (tertiary/aromatic N) is 1. The fourth-order valence-corrected chi connectivity index (χ4v) is 3.37. The molecule has 0 atom stereocenters. The summed E-state index contributed by atoms with van der Waals surface area (Å²) in [5, 5.41) is 14.7. The molecule has 1 heterocycles. The van der Waals surface area contributed by atoms with E-state index in [0.717, 1.165) is 0 Å². The van der Waals surface area contributed by atoms with Crippen molar-refractivity contribution in [1.29, 1.82) is 0 Å². The average molecular weight is 235 g/mol. The molecule has 4 nitrogen and oxygen atoms in total. The van der Waals surface area contributed by atoms with Crippen LogP contribution in [0.25, 0.3) is 0 Å². The van der Waals surface area contributed by atoms with Crippen molar-refractivity contribution >= 4 is 22.9 Å². The van der Waals surface area contributed by atoms with Crippen LogP contribution in [-0.4, -0.2) is 11.2 Å². The third-order valence-electron chi connectivity index (χ3n) is 2.23. The van der Waals surface area contributed by atoms with Crippen molar-refractivity contribution in [3.05, 3.63) is 56.8 Å². The molecule has 1 aromatic carbocycles. The lowest BCUT2D eigenvalue weighted by atomic mass is 10.2. The minimum atomic E-state index is -0.854. The highest BCUT2D eigenvalue weighted by molar-refractivity contribution is 8.22. The van der Waals surface area contributed by atoms with Gasteiger partial charge in [0.05, 0.1) is 9.82 Å². The Labute approximate surface area is 94.8 Å². The Kier molecular flexibility index (Phi) is 2.87. The van der Waals surface area contributed by atoms with Gasteiger partial charge in [-0.05, 0) is 10.8 Å². The van der Waals surface area contributed by atoms with Crippen LogP contribution in [0.3, 0.4) is 0 Å². The Morgan fingerprint density at radius 3 is 2.50 bits per heavy atom. The summed E-state index contributed by atoms with van der Waals surface area (Å²) in [4.78, 5) is 21.9. The minimum absolute atomic E-state index is 0.0203. The molecular formula is C11H9NO3S. The van der Waals surface area contributed by atoms with Crippen LogP contribution < -0.4 is 0 Å². The van der Waals surface area contributed by atoms with E-state index in [4.69, 9.17) is 0 Å². The maximum atomic E-state index is 10.9. The smallest absolute Gasteiger partial charge is 0.282 e. The largest absolute Gasteiger partial charge is 0.298 e. The van der Waals surface area contributed by atoms with Crippen molar-refractivity contribution in [3.63, 3.8) is 0 Å². The second-order valence-electron chi connectivity index (χ2n) is 3.18. The van der Waals surface area contributed by atoms with E-state index in [0.29, 0.717) is 16.7 Å². The molecule has 0 unspecified atom stereocenters. The van der Waals surface area contributed by atoms with Gasteiger partial charge in [-0.1, -0.05) is 24.3 Å². The van der Waals surface area contributed by atoms with Gasteiger partial charge in [0.1, 0.15) is 0 Å². The molecule has 0 fully saturated rings. The number of nitro benzene ring substituents is 1. The predicted molar refractivity (Wildman–Crippen MR) is 64.0 cm³/mol. The number of rotatable bonds is 3. The summed E-state index contributed by atoms with van der Waals surface area (Å²) >= 11 is 0. The van der Waals surface area contributed by atoms with E-state index in [2.05, 4.69) is 0 Å². The van der Waals surface area contributed by atoms with Crippen LogP contribution in [0, 0.1) is 10.1 Å². The molecule has 0 amide bonds. The number of nitro groups is 1. The molecule has 5 heteroatoms. The van der Waals surface area contributed by atoms with E-state index in [9.17, 15) is 14.9 Å². The summed E-state index contributed by atoms with van der Waals surface area (Å²) in [7, 11) is -0.854. The molecule has 0 aliphatic carbocycles. The maximum absolute atomic E-state index is 10.9. The number of hydrogen-bond donors (Lipinski definition) is 1. The Hall–Kier alpha value is -1.88. The highest BCUT2D eigenvalue weighted by Crippen LogP contribution is 2.47. The highest BCUT2D eigenvalue weighted by atomic mass is 32.2. The van der Waals surface area contributed by atoms with E-state index in [1.54, 1.807) is 6.07 Å². The van der Waals surface area contributed by atoms with Crippen LogP contribution in [0.4, 0.5) is 5.69 Å². The first-order chi connectivity index (χ1) is 7.74. The zero-order chi connectivity index (χ0) is 11.5. The fraction of sp³-hybridized carbons (Fsp3) is 0. The highest BCUT2D eigenvalue weighted by Gasteiger charge is 2.21. The van der Waals surface area contributed by atoms with Crippen LogP contribution in [0.2, 0.25) is 0 Å². The third kappa shape index (κ3) is 1.77. The Balaban J connectivity index is 2.62. The van der Waals surface area contributed by atoms with Crippen molar-refractivity contribution in [2.75, 3.05) is 0 Å². The summed E-state index contributed by atoms with van der Waals surface area (Å²) in [6.45, 7) is 0. The van der Waals surface area contributed by atoms with Crippen molar-refractivity contribution in [3.8, 4) is 0 Å². The monoisotopic (exact) mass is 235 g/mol. The van der Waals surface area contributed by atoms with Gasteiger partial charge in [0.2, 0.25) is 0 Å². The van der Waals surface area contributed by atoms with Crippen molar-refractivity contribution in [2.24, 2.45) is 0 Å². The number of carbonyl (C=O) groups excluding carboxylic acids is 1. The Bertz CT molecular complexity index is 496. The second-order valence-corrected chi connectivity index (χ2v) is 5.04. The maximum Gasteiger partial charge on any atom is 0.282 e. The molecule has 1 aliphatic rings. The first-order valence-corrected chi connectivity index (χ1v) is 6.08. The SMILES string of the molecule is O=Cc1cccc([N+](=O)[O-])c1[SH]1C=CC=C1. The molecule has 2 rings (SSSR count). The lowest BCUT2D eigenvalue weighted by Gasteiger charge is -2.12. The van der Waals surface area contributed by atoms with Gasteiger partial charge in [0.25, 0.3) is 5.69 Å². The third-order valence-corrected chi connectivity index (χ3v) is 4.22. The molecule has 82 valence electrons. The van der Waals surface area contributed by atoms with Gasteiger partial charge in [-0.2, -0.15) is 10.9 Å². The van der Waals surface area contributed by atoms with E-state index in [1.807, 2.05) is 23.0 Å². The van der Waals surface area contributed by atoms with Crippen molar-refractivity contribution < 1.29 is 9.72 Å². The molecule has 0 spiro atoms. The first-order valence-electron chi connectivity index (χ1n) is 4.60. The summed E-state index contributed by atoms with van der Waals surface area (Å²) in [6.07, 6.45) is 4.36. The van der Waals surface area contributed by atoms with Gasteiger partial charge in [-0.25, -0.2) is 0 Å². The summed E-state index contributed by atoms with van der Waals surface area (Å²) in [5.41, 5.74) is 0.420. The molecule has 16 heavy (non-hydrogen) atoms. The van der Waals surface area contributed by atoms with Crippen LogP contribution in [0.1, 0.15) is 10.4 Å². The van der Waals surface area contributed by atoms with E-state index >= 15 is 0 Å². The van der Waals surface area contributed by atoms with Crippen LogP contribution >= 0.6 is 10.9 Å². The average Bonchev–Trinajstić information content (AvgIpc) is 2.81. The van der Waals surface area contributed by atoms with Gasteiger partial charge in [0.15, 0.2) is 6.29 Å². The number of hydrogen-bond acceptors (Lipinski definition) is 3. The van der Waals surface area contributed by atoms with Crippen molar-refractivity contribution in [2.45, 2.75) is 4.90 Å². The van der Waals surface area contributed by atoms with Gasteiger partial charge in [-0.15, -0.1) is 0 Å². The zero-order valence-electron chi connectivity index (χ0n) is 8.24. The topological polar surface area (TPSA) is 60.2 Å². The first kappa shape index (κ1) is 10.6. The zero-order valence-corrected chi connectivity index (χ0v) is 9.13.